The molecule has 5 heteroatoms. The Morgan fingerprint density at radius 1 is 1.43 bits per heavy atom. The number of ether oxygens (including phenoxy) is 1. The fourth-order valence-electron chi connectivity index (χ4n) is 1.04. The molecule has 0 amide bonds. The highest BCUT2D eigenvalue weighted by atomic mass is 19.1. The van der Waals surface area contributed by atoms with E-state index in [1.54, 1.807) is 0 Å². The van der Waals surface area contributed by atoms with Crippen molar-refractivity contribution in [3.05, 3.63) is 23.5 Å². The average Bonchev–Trinajstić information content (AvgIpc) is 2.16. The third-order valence-electron chi connectivity index (χ3n) is 1.77. The van der Waals surface area contributed by atoms with Gasteiger partial charge in [-0.2, -0.15) is 5.48 Å². The van der Waals surface area contributed by atoms with Crippen molar-refractivity contribution in [3.8, 4) is 11.5 Å². The van der Waals surface area contributed by atoms with Crippen molar-refractivity contribution in [1.82, 2.24) is 5.48 Å². The highest BCUT2D eigenvalue weighted by Crippen LogP contribution is 2.26. The maximum absolute atomic E-state index is 13.3. The van der Waals surface area contributed by atoms with Crippen LogP contribution in [-0.4, -0.2) is 19.3 Å². The zero-order valence-corrected chi connectivity index (χ0v) is 8.00. The largest absolute Gasteiger partial charge is 0.507 e. The molecule has 0 bridgehead atoms. The molecule has 0 heterocycles. The van der Waals surface area contributed by atoms with Gasteiger partial charge < -0.3 is 14.7 Å². The molecule has 2 N–H and O–H groups in total. The first-order valence-electron chi connectivity index (χ1n) is 4.00. The fraction of sp³-hybridized carbons (Fsp3) is 0.333. The van der Waals surface area contributed by atoms with E-state index in [0.29, 0.717) is 0 Å². The van der Waals surface area contributed by atoms with E-state index < -0.39 is 5.82 Å². The summed E-state index contributed by atoms with van der Waals surface area (Å²) in [7, 11) is 2.82. The Labute approximate surface area is 81.2 Å². The van der Waals surface area contributed by atoms with Gasteiger partial charge in [0.2, 0.25) is 0 Å². The second-order valence-corrected chi connectivity index (χ2v) is 2.63. The monoisotopic (exact) mass is 201 g/mol. The number of halogens is 1. The molecule has 0 aliphatic heterocycles. The Kier molecular flexibility index (Phi) is 3.67. The third-order valence-corrected chi connectivity index (χ3v) is 1.77. The van der Waals surface area contributed by atoms with Crippen LogP contribution in [0.2, 0.25) is 0 Å². The predicted octanol–water partition coefficient (Wildman–Crippen LogP) is 1.19. The zero-order chi connectivity index (χ0) is 10.6. The quantitative estimate of drug-likeness (QED) is 0.718. The Hall–Kier alpha value is -1.33. The van der Waals surface area contributed by atoms with Crippen LogP contribution in [0, 0.1) is 5.82 Å². The van der Waals surface area contributed by atoms with Gasteiger partial charge in [-0.1, -0.05) is 0 Å². The summed E-state index contributed by atoms with van der Waals surface area (Å²) in [5, 5.41) is 9.41. The molecule has 0 aromatic heterocycles. The maximum atomic E-state index is 13.3. The molecular weight excluding hydrogens is 189 g/mol. The molecule has 1 rings (SSSR count). The molecule has 1 aromatic rings. The molecule has 0 aliphatic rings. The smallest absolute Gasteiger partial charge is 0.135 e. The molecule has 1 aromatic carbocycles. The van der Waals surface area contributed by atoms with Crippen LogP contribution in [-0.2, 0) is 11.4 Å². The van der Waals surface area contributed by atoms with E-state index in [1.807, 2.05) is 0 Å². The van der Waals surface area contributed by atoms with Crippen molar-refractivity contribution in [2.75, 3.05) is 14.2 Å². The van der Waals surface area contributed by atoms with E-state index in [-0.39, 0.29) is 23.6 Å². The lowest BCUT2D eigenvalue weighted by Gasteiger charge is -2.08. The van der Waals surface area contributed by atoms with E-state index in [1.165, 1.54) is 26.4 Å². The van der Waals surface area contributed by atoms with E-state index in [4.69, 9.17) is 4.74 Å². The molecule has 0 saturated heterocycles. The van der Waals surface area contributed by atoms with Crippen LogP contribution in [0.3, 0.4) is 0 Å². The standard InChI is InChI=1S/C9H12FNO3/c1-13-6-3-8(10)7(5-11-14-2)9(12)4-6/h3-4,11-12H,5H2,1-2H3. The van der Waals surface area contributed by atoms with Crippen molar-refractivity contribution in [2.24, 2.45) is 0 Å². The van der Waals surface area contributed by atoms with Crippen LogP contribution < -0.4 is 10.2 Å². The van der Waals surface area contributed by atoms with E-state index >= 15 is 0 Å². The fourth-order valence-corrected chi connectivity index (χ4v) is 1.04. The topological polar surface area (TPSA) is 50.7 Å². The van der Waals surface area contributed by atoms with Crippen molar-refractivity contribution in [2.45, 2.75) is 6.54 Å². The van der Waals surface area contributed by atoms with Gasteiger partial charge in [-0.05, 0) is 0 Å². The number of nitrogens with one attached hydrogen (secondary N) is 1. The second-order valence-electron chi connectivity index (χ2n) is 2.63. The first-order valence-corrected chi connectivity index (χ1v) is 4.00. The lowest BCUT2D eigenvalue weighted by molar-refractivity contribution is 0.0853. The number of hydrogen-bond acceptors (Lipinski definition) is 4. The molecule has 4 nitrogen and oxygen atoms in total. The summed E-state index contributed by atoms with van der Waals surface area (Å²) in [6.45, 7) is 0.0954. The first kappa shape index (κ1) is 10.7. The predicted molar refractivity (Wildman–Crippen MR) is 48.5 cm³/mol. The van der Waals surface area contributed by atoms with Gasteiger partial charge in [-0.3, -0.25) is 0 Å². The second kappa shape index (κ2) is 4.78. The SMILES string of the molecule is CONCc1c(O)cc(OC)cc1F. The summed E-state index contributed by atoms with van der Waals surface area (Å²) in [5.74, 6) is -0.418. The van der Waals surface area contributed by atoms with Gasteiger partial charge in [0.15, 0.2) is 0 Å². The van der Waals surface area contributed by atoms with Crippen LogP contribution in [0.1, 0.15) is 5.56 Å². The molecule has 0 fully saturated rings. The van der Waals surface area contributed by atoms with Crippen LogP contribution in [0.25, 0.3) is 0 Å². The molecule has 14 heavy (non-hydrogen) atoms. The summed E-state index contributed by atoms with van der Waals surface area (Å²) in [6.07, 6.45) is 0. The van der Waals surface area contributed by atoms with Crippen molar-refractivity contribution in [1.29, 1.82) is 0 Å². The van der Waals surface area contributed by atoms with Crippen LogP contribution in [0.15, 0.2) is 12.1 Å². The van der Waals surface area contributed by atoms with Gasteiger partial charge in [0, 0.05) is 17.7 Å². The third kappa shape index (κ3) is 2.34. The molecule has 78 valence electrons. The minimum Gasteiger partial charge on any atom is -0.507 e. The Morgan fingerprint density at radius 3 is 2.64 bits per heavy atom. The highest BCUT2D eigenvalue weighted by Gasteiger charge is 2.10. The van der Waals surface area contributed by atoms with Gasteiger partial charge in [0.1, 0.15) is 17.3 Å². The first-order chi connectivity index (χ1) is 6.69. The summed E-state index contributed by atoms with van der Waals surface area (Å²) >= 11 is 0. The molecule has 0 aliphatic carbocycles. The van der Waals surface area contributed by atoms with E-state index in [9.17, 15) is 9.50 Å². The lowest BCUT2D eigenvalue weighted by Crippen LogP contribution is -2.12. The van der Waals surface area contributed by atoms with E-state index in [2.05, 4.69) is 10.3 Å². The van der Waals surface area contributed by atoms with Crippen molar-refractivity contribution < 1.29 is 19.1 Å². The maximum Gasteiger partial charge on any atom is 0.135 e. The Bertz CT molecular complexity index is 294. The number of phenolic OH excluding ortho intramolecular Hbond substituents is 1. The normalized spacial score (nSPS) is 10.2. The minimum atomic E-state index is -0.536. The van der Waals surface area contributed by atoms with Crippen LogP contribution in [0.5, 0.6) is 11.5 Å². The molecule has 0 saturated carbocycles. The molecule has 0 atom stereocenters. The number of benzene rings is 1. The van der Waals surface area contributed by atoms with Crippen LogP contribution in [0.4, 0.5) is 4.39 Å². The Balaban J connectivity index is 2.93. The number of phenols is 1. The molecule has 0 spiro atoms. The average molecular weight is 201 g/mol. The summed E-state index contributed by atoms with van der Waals surface area (Å²) in [4.78, 5) is 4.55. The summed E-state index contributed by atoms with van der Waals surface area (Å²) in [5.41, 5.74) is 2.59. The number of methoxy groups -OCH3 is 1. The van der Waals surface area contributed by atoms with Gasteiger partial charge in [0.05, 0.1) is 20.8 Å². The van der Waals surface area contributed by atoms with Crippen molar-refractivity contribution in [3.63, 3.8) is 0 Å². The highest BCUT2D eigenvalue weighted by molar-refractivity contribution is 5.40. The minimum absolute atomic E-state index is 0.0954. The molecule has 0 radical (unpaired) electrons. The summed E-state index contributed by atoms with van der Waals surface area (Å²) in [6, 6.07) is 2.54. The summed E-state index contributed by atoms with van der Waals surface area (Å²) < 4.78 is 18.1. The van der Waals surface area contributed by atoms with Crippen LogP contribution >= 0.6 is 0 Å². The number of hydrogen-bond donors (Lipinski definition) is 2. The van der Waals surface area contributed by atoms with Gasteiger partial charge in [-0.25, -0.2) is 4.39 Å². The number of hydroxylamine groups is 1. The van der Waals surface area contributed by atoms with Crippen molar-refractivity contribution >= 4 is 0 Å². The molecular formula is C9H12FNO3. The van der Waals surface area contributed by atoms with E-state index in [0.717, 1.165) is 0 Å². The zero-order valence-electron chi connectivity index (χ0n) is 8.00. The van der Waals surface area contributed by atoms with Gasteiger partial charge >= 0.3 is 0 Å². The van der Waals surface area contributed by atoms with Gasteiger partial charge in [-0.15, -0.1) is 0 Å². The molecule has 0 unspecified atom stereocenters. The lowest BCUT2D eigenvalue weighted by atomic mass is 10.2. The number of aromatic hydroxyl groups is 1. The number of rotatable bonds is 4. The Morgan fingerprint density at radius 2 is 2.14 bits per heavy atom. The van der Waals surface area contributed by atoms with Gasteiger partial charge in [0.25, 0.3) is 0 Å².